The molecule has 0 atom stereocenters. The second-order valence-corrected chi connectivity index (χ2v) is 7.70. The van der Waals surface area contributed by atoms with E-state index in [2.05, 4.69) is 44.8 Å². The van der Waals surface area contributed by atoms with Gasteiger partial charge in [0.1, 0.15) is 6.33 Å². The minimum atomic E-state index is -0.00506. The van der Waals surface area contributed by atoms with Crippen LogP contribution in [0.25, 0.3) is 27.8 Å². The summed E-state index contributed by atoms with van der Waals surface area (Å²) in [5.74, 6) is 0.0279. The van der Waals surface area contributed by atoms with Gasteiger partial charge in [-0.15, -0.1) is 0 Å². The predicted octanol–water partition coefficient (Wildman–Crippen LogP) is 3.10. The zero-order chi connectivity index (χ0) is 21.5. The summed E-state index contributed by atoms with van der Waals surface area (Å²) in [4.78, 5) is 19.2. The van der Waals surface area contributed by atoms with Gasteiger partial charge in [0.05, 0.1) is 28.9 Å². The lowest BCUT2D eigenvalue weighted by atomic mass is 10.1. The molecular weight excluding hydrogens is 392 g/mol. The molecule has 4 aromatic rings. The number of nitrogens with zero attached hydrogens (tertiary/aromatic N) is 4. The Morgan fingerprint density at radius 2 is 2.13 bits per heavy atom. The van der Waals surface area contributed by atoms with Gasteiger partial charge in [0, 0.05) is 42.8 Å². The molecule has 158 valence electrons. The van der Waals surface area contributed by atoms with Crippen molar-refractivity contribution < 1.29 is 9.90 Å². The molecule has 3 N–H and O–H groups in total. The number of anilines is 1. The minimum absolute atomic E-state index is 0.00506. The van der Waals surface area contributed by atoms with Crippen LogP contribution in [0, 0.1) is 6.92 Å². The average Bonchev–Trinajstić information content (AvgIpc) is 3.48. The van der Waals surface area contributed by atoms with Crippen molar-refractivity contribution in [2.24, 2.45) is 0 Å². The largest absolute Gasteiger partial charge is 0.395 e. The number of H-pyrrole nitrogens is 1. The van der Waals surface area contributed by atoms with E-state index >= 15 is 0 Å². The van der Waals surface area contributed by atoms with Crippen LogP contribution in [0.3, 0.4) is 0 Å². The Morgan fingerprint density at radius 1 is 1.26 bits per heavy atom. The van der Waals surface area contributed by atoms with Crippen LogP contribution in [0.5, 0.6) is 0 Å². The summed E-state index contributed by atoms with van der Waals surface area (Å²) < 4.78 is 2.03. The highest BCUT2D eigenvalue weighted by atomic mass is 16.3. The van der Waals surface area contributed by atoms with E-state index in [1.165, 1.54) is 0 Å². The smallest absolute Gasteiger partial charge is 0.256 e. The maximum Gasteiger partial charge on any atom is 0.256 e. The lowest BCUT2D eigenvalue weighted by molar-refractivity contribution is 0.0788. The van der Waals surface area contributed by atoms with E-state index in [0.29, 0.717) is 25.2 Å². The molecule has 0 bridgehead atoms. The van der Waals surface area contributed by atoms with Crippen molar-refractivity contribution in [3.05, 3.63) is 59.7 Å². The van der Waals surface area contributed by atoms with Gasteiger partial charge in [-0.2, -0.15) is 5.10 Å². The molecule has 0 saturated heterocycles. The molecule has 2 aromatic heterocycles. The number of imidazole rings is 1. The molecule has 0 aliphatic carbocycles. The van der Waals surface area contributed by atoms with Gasteiger partial charge in [-0.05, 0) is 49.2 Å². The zero-order valence-electron chi connectivity index (χ0n) is 17.5. The van der Waals surface area contributed by atoms with Crippen molar-refractivity contribution in [2.45, 2.75) is 20.4 Å². The van der Waals surface area contributed by atoms with Crippen molar-refractivity contribution in [3.63, 3.8) is 0 Å². The van der Waals surface area contributed by atoms with Crippen LogP contribution in [0.2, 0.25) is 0 Å². The van der Waals surface area contributed by atoms with E-state index in [1.54, 1.807) is 0 Å². The summed E-state index contributed by atoms with van der Waals surface area (Å²) in [6.07, 6.45) is 3.70. The number of aromatic nitrogens is 4. The average molecular weight is 416 g/mol. The molecule has 8 nitrogen and oxygen atoms in total. The number of hydrogen-bond donors (Lipinski definition) is 3. The van der Waals surface area contributed by atoms with E-state index in [1.807, 2.05) is 41.9 Å². The Kier molecular flexibility index (Phi) is 4.71. The number of fused-ring (bicyclic) bond motifs is 2. The van der Waals surface area contributed by atoms with Crippen LogP contribution in [0.4, 0.5) is 5.69 Å². The molecule has 3 heterocycles. The van der Waals surface area contributed by atoms with E-state index in [9.17, 15) is 9.90 Å². The van der Waals surface area contributed by atoms with Crippen LogP contribution in [-0.2, 0) is 6.54 Å². The Hall–Kier alpha value is -3.65. The first-order chi connectivity index (χ1) is 15.1. The third kappa shape index (κ3) is 3.16. The lowest BCUT2D eigenvalue weighted by Crippen LogP contribution is -2.23. The van der Waals surface area contributed by atoms with Crippen LogP contribution in [0.1, 0.15) is 28.5 Å². The summed E-state index contributed by atoms with van der Waals surface area (Å²) in [5.41, 5.74) is 8.29. The Bertz CT molecular complexity index is 1290. The molecular formula is C23H24N6O2. The maximum atomic E-state index is 12.8. The summed E-state index contributed by atoms with van der Waals surface area (Å²) in [5, 5.41) is 19.6. The number of aryl methyl sites for hydroxylation is 1. The Balaban J connectivity index is 1.60. The van der Waals surface area contributed by atoms with Gasteiger partial charge in [-0.3, -0.25) is 14.5 Å². The number of carbonyl (C=O) groups is 1. The number of carbonyl (C=O) groups excluding carboxylic acids is 1. The minimum Gasteiger partial charge on any atom is -0.395 e. The third-order valence-electron chi connectivity index (χ3n) is 5.84. The van der Waals surface area contributed by atoms with Gasteiger partial charge >= 0.3 is 0 Å². The molecule has 8 heteroatoms. The highest BCUT2D eigenvalue weighted by Gasteiger charge is 2.30. The summed E-state index contributed by atoms with van der Waals surface area (Å²) in [6.45, 7) is 5.58. The van der Waals surface area contributed by atoms with Crippen LogP contribution >= 0.6 is 0 Å². The number of nitrogens with one attached hydrogen (secondary N) is 2. The molecule has 0 spiro atoms. The quantitative estimate of drug-likeness (QED) is 0.449. The first-order valence-electron chi connectivity index (χ1n) is 10.4. The number of aliphatic hydroxyl groups is 1. The Labute approximate surface area is 179 Å². The zero-order valence-corrected chi connectivity index (χ0v) is 17.5. The fourth-order valence-electron chi connectivity index (χ4n) is 4.26. The second-order valence-electron chi connectivity index (χ2n) is 7.70. The molecule has 31 heavy (non-hydrogen) atoms. The molecule has 0 saturated carbocycles. The number of aromatic amines is 1. The van der Waals surface area contributed by atoms with Gasteiger partial charge in [-0.25, -0.2) is 4.98 Å². The van der Waals surface area contributed by atoms with Crippen molar-refractivity contribution >= 4 is 22.6 Å². The van der Waals surface area contributed by atoms with Gasteiger partial charge in [-0.1, -0.05) is 6.07 Å². The Morgan fingerprint density at radius 3 is 2.87 bits per heavy atom. The van der Waals surface area contributed by atoms with E-state index in [0.717, 1.165) is 44.8 Å². The van der Waals surface area contributed by atoms with Crippen LogP contribution < -0.4 is 5.32 Å². The molecule has 0 fully saturated rings. The highest BCUT2D eigenvalue weighted by molar-refractivity contribution is 6.04. The van der Waals surface area contributed by atoms with Crippen molar-refractivity contribution in [1.82, 2.24) is 24.6 Å². The number of hydrogen-bond acceptors (Lipinski definition) is 5. The maximum absolute atomic E-state index is 12.8. The fraction of sp³-hybridized carbons (Fsp3) is 0.261. The van der Waals surface area contributed by atoms with Gasteiger partial charge < -0.3 is 15.3 Å². The van der Waals surface area contributed by atoms with Crippen LogP contribution in [0.15, 0.2) is 42.9 Å². The number of benzene rings is 2. The normalized spacial score (nSPS) is 13.3. The molecule has 1 aliphatic heterocycles. The van der Waals surface area contributed by atoms with Gasteiger partial charge in [0.15, 0.2) is 0 Å². The first kappa shape index (κ1) is 19.3. The molecule has 1 aliphatic rings. The van der Waals surface area contributed by atoms with Crippen molar-refractivity contribution in [2.75, 3.05) is 25.0 Å². The molecule has 2 aromatic carbocycles. The lowest BCUT2D eigenvalue weighted by Gasteiger charge is -2.13. The van der Waals surface area contributed by atoms with E-state index < -0.39 is 0 Å². The van der Waals surface area contributed by atoms with Gasteiger partial charge in [0.2, 0.25) is 0 Å². The second kappa shape index (κ2) is 7.55. The number of amides is 1. The first-order valence-corrected chi connectivity index (χ1v) is 10.4. The summed E-state index contributed by atoms with van der Waals surface area (Å²) >= 11 is 0. The molecule has 5 rings (SSSR count). The summed E-state index contributed by atoms with van der Waals surface area (Å²) in [6, 6.07) is 10.2. The topological polar surface area (TPSA) is 99.1 Å². The van der Waals surface area contributed by atoms with Crippen molar-refractivity contribution in [3.8, 4) is 16.8 Å². The molecule has 0 unspecified atom stereocenters. The third-order valence-corrected chi connectivity index (χ3v) is 5.84. The predicted molar refractivity (Wildman–Crippen MR) is 119 cm³/mol. The van der Waals surface area contributed by atoms with Gasteiger partial charge in [0.25, 0.3) is 5.91 Å². The SMILES string of the molecule is CCN1Cc2cc(-n3cnc4cc(-c5c[nH]nc5C)ccc43)cc(NCCO)c2C1=O. The van der Waals surface area contributed by atoms with Crippen LogP contribution in [-0.4, -0.2) is 55.4 Å². The van der Waals surface area contributed by atoms with E-state index in [-0.39, 0.29) is 12.5 Å². The van der Waals surface area contributed by atoms with Crippen molar-refractivity contribution in [1.29, 1.82) is 0 Å². The fourth-order valence-corrected chi connectivity index (χ4v) is 4.26. The number of aliphatic hydroxyl groups excluding tert-OH is 1. The molecule has 0 radical (unpaired) electrons. The number of rotatable bonds is 6. The standard InChI is InChI=1S/C23H24N6O2/c1-3-28-12-16-8-17(10-20(24-6-7-30)22(16)23(28)31)29-13-25-19-9-15(4-5-21(19)29)18-11-26-27-14(18)2/h4-5,8-11,13,24,30H,3,6-7,12H2,1-2H3,(H,26,27). The summed E-state index contributed by atoms with van der Waals surface area (Å²) in [7, 11) is 0. The van der Waals surface area contributed by atoms with E-state index in [4.69, 9.17) is 0 Å². The monoisotopic (exact) mass is 416 g/mol. The molecule has 1 amide bonds. The highest BCUT2D eigenvalue weighted by Crippen LogP contribution is 2.34.